The second-order valence-electron chi connectivity index (χ2n) is 4.81. The number of rotatable bonds is 0. The first-order valence-corrected chi connectivity index (χ1v) is 6.48. The highest BCUT2D eigenvalue weighted by molar-refractivity contribution is 6.15. The van der Waals surface area contributed by atoms with E-state index in [4.69, 9.17) is 0 Å². The number of hydrogen-bond donors (Lipinski definition) is 2. The van der Waals surface area contributed by atoms with Crippen molar-refractivity contribution in [1.82, 2.24) is 10.6 Å². The first kappa shape index (κ1) is 11.9. The van der Waals surface area contributed by atoms with Crippen LogP contribution in [0.4, 0.5) is 0 Å². The zero-order chi connectivity index (χ0) is 13.1. The molecule has 0 aromatic heterocycles. The Morgan fingerprint density at radius 2 is 1.84 bits per heavy atom. The van der Waals surface area contributed by atoms with Gasteiger partial charge in [0.15, 0.2) is 5.84 Å². The summed E-state index contributed by atoms with van der Waals surface area (Å²) in [5, 5.41) is 6.04. The Morgan fingerprint density at radius 1 is 1.11 bits per heavy atom. The summed E-state index contributed by atoms with van der Waals surface area (Å²) < 4.78 is 0. The van der Waals surface area contributed by atoms with E-state index in [-0.39, 0.29) is 5.91 Å². The van der Waals surface area contributed by atoms with Gasteiger partial charge in [-0.1, -0.05) is 24.1 Å². The molecule has 4 nitrogen and oxygen atoms in total. The smallest absolute Gasteiger partial charge is 0.254 e. The molecule has 0 radical (unpaired) electrons. The van der Waals surface area contributed by atoms with Gasteiger partial charge in [0, 0.05) is 5.56 Å². The number of amides is 1. The van der Waals surface area contributed by atoms with Crippen molar-refractivity contribution in [3.05, 3.63) is 35.9 Å². The van der Waals surface area contributed by atoms with E-state index in [9.17, 15) is 4.79 Å². The molecule has 1 aromatic rings. The van der Waals surface area contributed by atoms with Crippen LogP contribution >= 0.6 is 0 Å². The molecule has 1 aromatic carbocycles. The number of piperidine rings is 1. The summed E-state index contributed by atoms with van der Waals surface area (Å²) in [4.78, 5) is 16.6. The van der Waals surface area contributed by atoms with Crippen LogP contribution < -0.4 is 10.6 Å². The first-order chi connectivity index (χ1) is 9.28. The van der Waals surface area contributed by atoms with Gasteiger partial charge in [-0.15, -0.1) is 0 Å². The predicted octanol–water partition coefficient (Wildman–Crippen LogP) is 0.689. The number of amidine groups is 1. The van der Waals surface area contributed by atoms with Gasteiger partial charge >= 0.3 is 0 Å². The Bertz CT molecular complexity index is 574. The van der Waals surface area contributed by atoms with E-state index in [1.165, 1.54) is 0 Å². The highest BCUT2D eigenvalue weighted by Crippen LogP contribution is 2.26. The maximum Gasteiger partial charge on any atom is 0.254 e. The van der Waals surface area contributed by atoms with Crippen LogP contribution in [0.25, 0.3) is 0 Å². The number of hydrogen-bond acceptors (Lipinski definition) is 3. The van der Waals surface area contributed by atoms with E-state index >= 15 is 0 Å². The van der Waals surface area contributed by atoms with Gasteiger partial charge in [0.05, 0.1) is 0 Å². The topological polar surface area (TPSA) is 53.5 Å². The van der Waals surface area contributed by atoms with Crippen LogP contribution in [0.2, 0.25) is 0 Å². The number of carbonyl (C=O) groups excluding carboxylic acids is 1. The zero-order valence-electron chi connectivity index (χ0n) is 10.6. The Morgan fingerprint density at radius 3 is 2.58 bits per heavy atom. The van der Waals surface area contributed by atoms with Crippen molar-refractivity contribution in [3.8, 4) is 11.8 Å². The SMILES string of the molecule is O=C1NC(C#Cc2ccccc2)=NC12CCNCC2. The van der Waals surface area contributed by atoms with Crippen LogP contribution in [0.1, 0.15) is 18.4 Å². The third-order valence-corrected chi connectivity index (χ3v) is 3.51. The Balaban J connectivity index is 1.82. The number of carbonyl (C=O) groups is 1. The van der Waals surface area contributed by atoms with Crippen molar-refractivity contribution in [2.75, 3.05) is 13.1 Å². The Kier molecular flexibility index (Phi) is 3.06. The van der Waals surface area contributed by atoms with Gasteiger partial charge in [0.25, 0.3) is 5.91 Å². The summed E-state index contributed by atoms with van der Waals surface area (Å²) in [6.07, 6.45) is 1.49. The molecule has 1 spiro atoms. The summed E-state index contributed by atoms with van der Waals surface area (Å²) in [5.74, 6) is 6.45. The monoisotopic (exact) mass is 253 g/mol. The minimum Gasteiger partial charge on any atom is -0.317 e. The average molecular weight is 253 g/mol. The van der Waals surface area contributed by atoms with Crippen molar-refractivity contribution in [1.29, 1.82) is 0 Å². The zero-order valence-corrected chi connectivity index (χ0v) is 10.6. The van der Waals surface area contributed by atoms with Crippen molar-refractivity contribution in [3.63, 3.8) is 0 Å². The number of nitrogens with one attached hydrogen (secondary N) is 2. The molecule has 0 saturated carbocycles. The van der Waals surface area contributed by atoms with E-state index in [2.05, 4.69) is 27.5 Å². The lowest BCUT2D eigenvalue weighted by atomic mass is 9.89. The molecule has 0 atom stereocenters. The summed E-state index contributed by atoms with van der Waals surface area (Å²) in [6.45, 7) is 1.66. The largest absolute Gasteiger partial charge is 0.317 e. The highest BCUT2D eigenvalue weighted by atomic mass is 16.2. The standard InChI is InChI=1S/C15H15N3O/c19-14-15(8-10-16-11-9-15)18-13(17-14)7-6-12-4-2-1-3-5-12/h1-5,16H,8-11H2,(H,17,18,19). The van der Waals surface area contributed by atoms with E-state index in [1.807, 2.05) is 30.3 Å². The number of nitrogens with zero attached hydrogens (tertiary/aromatic N) is 1. The van der Waals surface area contributed by atoms with Crippen LogP contribution in [0.3, 0.4) is 0 Å². The van der Waals surface area contributed by atoms with E-state index in [0.29, 0.717) is 5.84 Å². The minimum atomic E-state index is -0.577. The molecule has 2 aliphatic rings. The molecule has 2 aliphatic heterocycles. The second-order valence-corrected chi connectivity index (χ2v) is 4.81. The van der Waals surface area contributed by atoms with Gasteiger partial charge in [-0.05, 0) is 44.0 Å². The maximum atomic E-state index is 12.1. The minimum absolute atomic E-state index is 0.00800. The molecular formula is C15H15N3O. The summed E-state index contributed by atoms with van der Waals surface area (Å²) in [5.41, 5.74) is 0.345. The molecule has 3 rings (SSSR count). The normalized spacial score (nSPS) is 20.4. The molecule has 1 fully saturated rings. The van der Waals surface area contributed by atoms with E-state index in [0.717, 1.165) is 31.5 Å². The van der Waals surface area contributed by atoms with Gasteiger partial charge in [0.1, 0.15) is 5.54 Å². The van der Waals surface area contributed by atoms with E-state index < -0.39 is 5.54 Å². The summed E-state index contributed by atoms with van der Waals surface area (Å²) in [6, 6.07) is 9.69. The molecule has 4 heteroatoms. The molecule has 2 N–H and O–H groups in total. The Labute approximate surface area is 112 Å². The van der Waals surface area contributed by atoms with Crippen molar-refractivity contribution in [2.24, 2.45) is 4.99 Å². The maximum absolute atomic E-state index is 12.1. The van der Waals surface area contributed by atoms with Gasteiger partial charge in [-0.2, -0.15) is 0 Å². The third-order valence-electron chi connectivity index (χ3n) is 3.51. The van der Waals surface area contributed by atoms with Crippen LogP contribution in [0, 0.1) is 11.8 Å². The fourth-order valence-electron chi connectivity index (χ4n) is 2.41. The van der Waals surface area contributed by atoms with Crippen LogP contribution in [0.15, 0.2) is 35.3 Å². The lowest BCUT2D eigenvalue weighted by Crippen LogP contribution is -2.47. The quantitative estimate of drug-likeness (QED) is 0.668. The molecule has 0 bridgehead atoms. The Hall–Kier alpha value is -2.12. The highest BCUT2D eigenvalue weighted by Gasteiger charge is 2.43. The molecule has 0 unspecified atom stereocenters. The molecular weight excluding hydrogens is 238 g/mol. The van der Waals surface area contributed by atoms with Gasteiger partial charge in [-0.3, -0.25) is 4.79 Å². The second kappa shape index (κ2) is 4.87. The number of aliphatic imine (C=N–C) groups is 1. The summed E-state index contributed by atoms with van der Waals surface area (Å²) >= 11 is 0. The number of benzene rings is 1. The lowest BCUT2D eigenvalue weighted by Gasteiger charge is -2.27. The van der Waals surface area contributed by atoms with Gasteiger partial charge in [0.2, 0.25) is 0 Å². The van der Waals surface area contributed by atoms with Crippen LogP contribution in [0.5, 0.6) is 0 Å². The third kappa shape index (κ3) is 2.38. The van der Waals surface area contributed by atoms with Crippen LogP contribution in [-0.2, 0) is 4.79 Å². The molecule has 96 valence electrons. The van der Waals surface area contributed by atoms with E-state index in [1.54, 1.807) is 0 Å². The first-order valence-electron chi connectivity index (χ1n) is 6.48. The van der Waals surface area contributed by atoms with Crippen LogP contribution in [-0.4, -0.2) is 30.4 Å². The molecule has 2 heterocycles. The lowest BCUT2D eigenvalue weighted by molar-refractivity contribution is -0.124. The molecule has 1 amide bonds. The fourth-order valence-corrected chi connectivity index (χ4v) is 2.41. The fraction of sp³-hybridized carbons (Fsp3) is 0.333. The predicted molar refractivity (Wildman–Crippen MR) is 73.7 cm³/mol. The summed E-state index contributed by atoms with van der Waals surface area (Å²) in [7, 11) is 0. The van der Waals surface area contributed by atoms with Crippen molar-refractivity contribution in [2.45, 2.75) is 18.4 Å². The molecule has 0 aliphatic carbocycles. The molecule has 19 heavy (non-hydrogen) atoms. The van der Waals surface area contributed by atoms with Gasteiger partial charge < -0.3 is 10.6 Å². The van der Waals surface area contributed by atoms with Gasteiger partial charge in [-0.25, -0.2) is 4.99 Å². The average Bonchev–Trinajstić information content (AvgIpc) is 2.75. The molecule has 1 saturated heterocycles. The van der Waals surface area contributed by atoms with Crippen molar-refractivity contribution < 1.29 is 4.79 Å². The van der Waals surface area contributed by atoms with Crippen molar-refractivity contribution >= 4 is 11.7 Å².